The number of ether oxygens (including phenoxy) is 3. The van der Waals surface area contributed by atoms with Crippen molar-refractivity contribution in [2.24, 2.45) is 11.3 Å². The molecule has 3 fully saturated rings. The molecule has 1 aromatic heterocycles. The molecular formula is C30H31NO3. The van der Waals surface area contributed by atoms with Gasteiger partial charge in [-0.05, 0) is 71.9 Å². The summed E-state index contributed by atoms with van der Waals surface area (Å²) in [6.45, 7) is 3.90. The van der Waals surface area contributed by atoms with E-state index in [1.165, 1.54) is 33.1 Å². The second-order valence-electron chi connectivity index (χ2n) is 11.6. The number of rotatable bonds is 1. The van der Waals surface area contributed by atoms with E-state index in [1.807, 2.05) is 12.4 Å². The Hall–Kier alpha value is -2.27. The fraction of sp³-hybridized carbons (Fsp3) is 0.500. The van der Waals surface area contributed by atoms with Gasteiger partial charge in [0.25, 0.3) is 0 Å². The minimum atomic E-state index is -0.430. The lowest BCUT2D eigenvalue weighted by Crippen LogP contribution is -2.56. The standard InChI is InChI=1S/C30H31NO3/c1-27-9-6-24-17-23-7-10-29(32-14-15-33-29)19-28(23)11-12-30(24,34-28)26(27)5-4-25(27)21-3-2-20-8-13-31-18-22(20)16-21/h2-4,6,8,13,16-18,26H,5,7,9-12,14-15,19H2,1H3/t26-,27-,28-,30-/m1/s1. The number of aromatic nitrogens is 1. The average molecular weight is 454 g/mol. The normalized spacial score (nSPS) is 39.3. The number of nitrogens with zero attached hydrogens (tertiary/aromatic N) is 1. The fourth-order valence-corrected chi connectivity index (χ4v) is 8.41. The van der Waals surface area contributed by atoms with Gasteiger partial charge in [-0.25, -0.2) is 0 Å². The number of pyridine rings is 1. The summed E-state index contributed by atoms with van der Waals surface area (Å²) in [7, 11) is 0. The summed E-state index contributed by atoms with van der Waals surface area (Å²) in [5.74, 6) is 0.0281. The molecule has 0 unspecified atom stereocenters. The summed E-state index contributed by atoms with van der Waals surface area (Å²) in [5, 5.41) is 2.46. The molecule has 34 heavy (non-hydrogen) atoms. The zero-order chi connectivity index (χ0) is 22.6. The first-order chi connectivity index (χ1) is 16.5. The molecule has 4 heteroatoms. The van der Waals surface area contributed by atoms with Crippen LogP contribution in [0.3, 0.4) is 0 Å². The van der Waals surface area contributed by atoms with E-state index in [9.17, 15) is 0 Å². The van der Waals surface area contributed by atoms with E-state index in [0.717, 1.165) is 44.9 Å². The minimum Gasteiger partial charge on any atom is -0.359 e. The van der Waals surface area contributed by atoms with Crippen LogP contribution in [-0.2, 0) is 14.2 Å². The van der Waals surface area contributed by atoms with Crippen molar-refractivity contribution in [1.82, 2.24) is 4.98 Å². The molecule has 4 atom stereocenters. The van der Waals surface area contributed by atoms with Crippen LogP contribution in [0, 0.1) is 11.3 Å². The molecule has 0 radical (unpaired) electrons. The number of fused-ring (bicyclic) bond motifs is 2. The molecule has 2 bridgehead atoms. The lowest BCUT2D eigenvalue weighted by molar-refractivity contribution is -0.225. The van der Waals surface area contributed by atoms with Crippen LogP contribution in [0.1, 0.15) is 57.4 Å². The summed E-state index contributed by atoms with van der Waals surface area (Å²) in [6.07, 6.45) is 18.5. The molecular weight excluding hydrogens is 422 g/mol. The van der Waals surface area contributed by atoms with Gasteiger partial charge in [-0.15, -0.1) is 0 Å². The van der Waals surface area contributed by atoms with Crippen molar-refractivity contribution in [3.63, 3.8) is 0 Å². The van der Waals surface area contributed by atoms with Crippen molar-refractivity contribution in [3.05, 3.63) is 71.6 Å². The maximum absolute atomic E-state index is 7.36. The molecule has 6 aliphatic rings. The Morgan fingerprint density at radius 2 is 1.91 bits per heavy atom. The van der Waals surface area contributed by atoms with Crippen molar-refractivity contribution in [2.45, 2.75) is 68.9 Å². The molecule has 4 nitrogen and oxygen atoms in total. The zero-order valence-electron chi connectivity index (χ0n) is 19.8. The molecule has 1 aromatic carbocycles. The highest BCUT2D eigenvalue weighted by molar-refractivity contribution is 5.87. The second-order valence-corrected chi connectivity index (χ2v) is 11.6. The maximum Gasteiger partial charge on any atom is 0.171 e. The predicted octanol–water partition coefficient (Wildman–Crippen LogP) is 6.13. The first kappa shape index (κ1) is 20.0. The summed E-state index contributed by atoms with van der Waals surface area (Å²) in [4.78, 5) is 4.36. The molecule has 3 spiro atoms. The van der Waals surface area contributed by atoms with Gasteiger partial charge in [-0.1, -0.05) is 37.3 Å². The average Bonchev–Trinajstić information content (AvgIpc) is 3.53. The summed E-state index contributed by atoms with van der Waals surface area (Å²) < 4.78 is 19.7. The first-order valence-corrected chi connectivity index (χ1v) is 13.0. The molecule has 0 amide bonds. The molecule has 2 saturated heterocycles. The highest BCUT2D eigenvalue weighted by Crippen LogP contribution is 2.68. The van der Waals surface area contributed by atoms with Crippen LogP contribution in [0.15, 0.2) is 66.0 Å². The van der Waals surface area contributed by atoms with Gasteiger partial charge in [0, 0.05) is 42.0 Å². The van der Waals surface area contributed by atoms with Gasteiger partial charge in [0.2, 0.25) is 0 Å². The van der Waals surface area contributed by atoms with Gasteiger partial charge in [0.1, 0.15) is 0 Å². The second kappa shape index (κ2) is 6.48. The van der Waals surface area contributed by atoms with Crippen LogP contribution in [0.25, 0.3) is 16.3 Å². The van der Waals surface area contributed by atoms with Crippen LogP contribution < -0.4 is 0 Å². The molecule has 1 saturated carbocycles. The Bertz CT molecular complexity index is 1320. The van der Waals surface area contributed by atoms with Crippen molar-refractivity contribution >= 4 is 16.3 Å². The topological polar surface area (TPSA) is 40.6 Å². The third-order valence-corrected chi connectivity index (χ3v) is 10.0. The van der Waals surface area contributed by atoms with Gasteiger partial charge >= 0.3 is 0 Å². The number of hydrogen-bond acceptors (Lipinski definition) is 4. The number of hydrogen-bond donors (Lipinski definition) is 0. The maximum atomic E-state index is 7.36. The molecule has 4 heterocycles. The van der Waals surface area contributed by atoms with E-state index < -0.39 is 5.79 Å². The van der Waals surface area contributed by atoms with E-state index in [4.69, 9.17) is 14.2 Å². The Morgan fingerprint density at radius 1 is 1.00 bits per heavy atom. The van der Waals surface area contributed by atoms with E-state index >= 15 is 0 Å². The van der Waals surface area contributed by atoms with Crippen LogP contribution in [0.5, 0.6) is 0 Å². The molecule has 3 aliphatic carbocycles. The Morgan fingerprint density at radius 3 is 2.82 bits per heavy atom. The number of allylic oxidation sites excluding steroid dienone is 3. The molecule has 3 aliphatic heterocycles. The third-order valence-electron chi connectivity index (χ3n) is 10.0. The Balaban J connectivity index is 1.19. The van der Waals surface area contributed by atoms with Crippen molar-refractivity contribution in [3.8, 4) is 0 Å². The van der Waals surface area contributed by atoms with Gasteiger partial charge in [0.15, 0.2) is 5.79 Å². The van der Waals surface area contributed by atoms with Gasteiger partial charge in [-0.3, -0.25) is 4.98 Å². The van der Waals surface area contributed by atoms with Crippen LogP contribution in [0.4, 0.5) is 0 Å². The van der Waals surface area contributed by atoms with Crippen LogP contribution >= 0.6 is 0 Å². The summed E-state index contributed by atoms with van der Waals surface area (Å²) in [5.41, 5.74) is 5.41. The monoisotopic (exact) mass is 453 g/mol. The fourth-order valence-electron chi connectivity index (χ4n) is 8.41. The highest BCUT2D eigenvalue weighted by Gasteiger charge is 2.67. The van der Waals surface area contributed by atoms with Crippen LogP contribution in [-0.4, -0.2) is 35.2 Å². The summed E-state index contributed by atoms with van der Waals surface area (Å²) >= 11 is 0. The largest absolute Gasteiger partial charge is 0.359 e. The Labute approximate surface area is 200 Å². The van der Waals surface area contributed by atoms with Crippen molar-refractivity contribution in [1.29, 1.82) is 0 Å². The number of benzene rings is 1. The quantitative estimate of drug-likeness (QED) is 0.521. The third kappa shape index (κ3) is 2.42. The van der Waals surface area contributed by atoms with Gasteiger partial charge in [-0.2, -0.15) is 0 Å². The van der Waals surface area contributed by atoms with Gasteiger partial charge < -0.3 is 14.2 Å². The molecule has 2 aromatic rings. The minimum absolute atomic E-state index is 0.0724. The van der Waals surface area contributed by atoms with E-state index in [2.05, 4.69) is 54.4 Å². The lowest BCUT2D eigenvalue weighted by atomic mass is 9.58. The smallest absolute Gasteiger partial charge is 0.171 e. The molecule has 0 N–H and O–H groups in total. The highest BCUT2D eigenvalue weighted by atomic mass is 16.7. The van der Waals surface area contributed by atoms with E-state index in [1.54, 1.807) is 0 Å². The Kier molecular flexibility index (Phi) is 3.81. The zero-order valence-corrected chi connectivity index (χ0v) is 19.8. The van der Waals surface area contributed by atoms with E-state index in [0.29, 0.717) is 19.1 Å². The first-order valence-electron chi connectivity index (χ1n) is 13.0. The van der Waals surface area contributed by atoms with E-state index in [-0.39, 0.29) is 16.6 Å². The SMILES string of the molecule is C[C@]12CC=C3C=C4CCC5(C[C@]46CC[C@]3(O6)[C@@H]1CC=C2c1ccc2ccncc2c1)OCCO5. The lowest BCUT2D eigenvalue weighted by Gasteiger charge is -2.54. The van der Waals surface area contributed by atoms with Gasteiger partial charge in [0.05, 0.1) is 24.4 Å². The van der Waals surface area contributed by atoms with Crippen LogP contribution in [0.2, 0.25) is 0 Å². The van der Waals surface area contributed by atoms with Crippen molar-refractivity contribution < 1.29 is 14.2 Å². The molecule has 8 rings (SSSR count). The molecule has 174 valence electrons. The summed E-state index contributed by atoms with van der Waals surface area (Å²) in [6, 6.07) is 8.96. The predicted molar refractivity (Wildman–Crippen MR) is 131 cm³/mol. The van der Waals surface area contributed by atoms with Crippen molar-refractivity contribution in [2.75, 3.05) is 13.2 Å².